The molecule has 1 N–H and O–H groups in total. The maximum absolute atomic E-state index is 12.4. The third kappa shape index (κ3) is 4.29. The molecule has 9 heteroatoms. The molecule has 0 saturated carbocycles. The van der Waals surface area contributed by atoms with E-state index in [1.54, 1.807) is 18.4 Å². The molecule has 7 nitrogen and oxygen atoms in total. The number of nitrogens with one attached hydrogen (secondary N) is 1. The van der Waals surface area contributed by atoms with Gasteiger partial charge in [-0.2, -0.15) is 0 Å². The Kier molecular flexibility index (Phi) is 5.38. The molecule has 1 amide bonds. The Labute approximate surface area is 164 Å². The molecule has 0 radical (unpaired) electrons. The fraction of sp³-hybridized carbons (Fsp3) is 0.278. The smallest absolute Gasteiger partial charge is 0.259 e. The van der Waals surface area contributed by atoms with Crippen LogP contribution in [0.4, 0.5) is 5.13 Å². The Morgan fingerprint density at radius 3 is 2.96 bits per heavy atom. The van der Waals surface area contributed by atoms with Gasteiger partial charge in [-0.15, -0.1) is 11.3 Å². The van der Waals surface area contributed by atoms with Crippen LogP contribution in [0.25, 0.3) is 11.5 Å². The Morgan fingerprint density at radius 1 is 1.37 bits per heavy atom. The lowest BCUT2D eigenvalue weighted by molar-refractivity contribution is 0.0238. The van der Waals surface area contributed by atoms with E-state index in [9.17, 15) is 4.79 Å². The Hall–Kier alpha value is -2.42. The van der Waals surface area contributed by atoms with E-state index in [1.807, 2.05) is 11.4 Å². The lowest BCUT2D eigenvalue weighted by Gasteiger charge is -2.23. The molecule has 140 valence electrons. The Bertz CT molecular complexity index is 923. The van der Waals surface area contributed by atoms with Crippen LogP contribution in [-0.2, 0) is 4.74 Å². The molecule has 0 bridgehead atoms. The van der Waals surface area contributed by atoms with Crippen molar-refractivity contribution in [3.8, 4) is 17.3 Å². The van der Waals surface area contributed by atoms with E-state index in [1.165, 1.54) is 17.5 Å². The van der Waals surface area contributed by atoms with Gasteiger partial charge in [0.2, 0.25) is 5.88 Å². The highest BCUT2D eigenvalue weighted by atomic mass is 35.5. The molecular formula is C18H16ClN3O4S. The first-order valence-electron chi connectivity index (χ1n) is 8.40. The minimum atomic E-state index is -0.345. The normalized spacial score (nSPS) is 14.9. The van der Waals surface area contributed by atoms with Crippen LogP contribution in [-0.4, -0.2) is 35.2 Å². The molecule has 27 heavy (non-hydrogen) atoms. The lowest BCUT2D eigenvalue weighted by atomic mass is 10.1. The highest BCUT2D eigenvalue weighted by molar-refractivity contribution is 7.14. The van der Waals surface area contributed by atoms with Gasteiger partial charge in [-0.1, -0.05) is 11.6 Å². The van der Waals surface area contributed by atoms with Crippen LogP contribution in [0.15, 0.2) is 40.5 Å². The second-order valence-electron chi connectivity index (χ2n) is 5.91. The lowest BCUT2D eigenvalue weighted by Crippen LogP contribution is -2.26. The number of nitrogens with zero attached hydrogens (tertiary/aromatic N) is 2. The second kappa shape index (κ2) is 8.08. The van der Waals surface area contributed by atoms with Crippen LogP contribution in [0.5, 0.6) is 5.88 Å². The first kappa shape index (κ1) is 18.0. The van der Waals surface area contributed by atoms with Gasteiger partial charge in [0.05, 0.1) is 25.0 Å². The van der Waals surface area contributed by atoms with Gasteiger partial charge < -0.3 is 13.9 Å². The molecule has 1 aliphatic rings. The van der Waals surface area contributed by atoms with E-state index in [0.717, 1.165) is 12.8 Å². The Morgan fingerprint density at radius 2 is 2.22 bits per heavy atom. The van der Waals surface area contributed by atoms with E-state index in [-0.39, 0.29) is 12.0 Å². The number of carbonyl (C=O) groups excluding carboxylic acids is 1. The van der Waals surface area contributed by atoms with E-state index in [4.69, 9.17) is 25.5 Å². The second-order valence-corrected chi connectivity index (χ2v) is 7.18. The summed E-state index contributed by atoms with van der Waals surface area (Å²) in [5, 5.41) is 5.31. The van der Waals surface area contributed by atoms with Crippen molar-refractivity contribution in [2.24, 2.45) is 0 Å². The summed E-state index contributed by atoms with van der Waals surface area (Å²) >= 11 is 7.55. The number of anilines is 1. The summed E-state index contributed by atoms with van der Waals surface area (Å²) in [4.78, 5) is 21.0. The van der Waals surface area contributed by atoms with Crippen LogP contribution < -0.4 is 10.1 Å². The SMILES string of the molecule is O=C(Nc1nc(-c2ccco2)cs1)c1cnc(OC2CCOCC2)c(Cl)c1. The third-order valence-corrected chi connectivity index (χ3v) is 5.04. The zero-order chi connectivity index (χ0) is 18.6. The maximum atomic E-state index is 12.4. The molecule has 0 aliphatic carbocycles. The van der Waals surface area contributed by atoms with Gasteiger partial charge >= 0.3 is 0 Å². The molecule has 0 unspecified atom stereocenters. The first-order valence-corrected chi connectivity index (χ1v) is 9.65. The zero-order valence-corrected chi connectivity index (χ0v) is 15.8. The average molecular weight is 406 g/mol. The minimum absolute atomic E-state index is 0.0266. The molecule has 0 atom stereocenters. The molecule has 0 aromatic carbocycles. The van der Waals surface area contributed by atoms with Gasteiger partial charge in [0.25, 0.3) is 5.91 Å². The van der Waals surface area contributed by atoms with Crippen molar-refractivity contribution in [1.29, 1.82) is 0 Å². The van der Waals surface area contributed by atoms with Crippen LogP contribution in [0.1, 0.15) is 23.2 Å². The standard InChI is InChI=1S/C18H16ClN3O4S/c19-13-8-11(9-20-17(13)26-12-3-6-24-7-4-12)16(23)22-18-21-14(10-27-18)15-2-1-5-25-15/h1-2,5,8-10,12H,3-4,6-7H2,(H,21,22,23). The number of aromatic nitrogens is 2. The van der Waals surface area contributed by atoms with Gasteiger partial charge in [0.15, 0.2) is 10.9 Å². The molecule has 0 spiro atoms. The first-order chi connectivity index (χ1) is 13.2. The molecule has 1 fully saturated rings. The molecule has 3 aromatic heterocycles. The zero-order valence-electron chi connectivity index (χ0n) is 14.2. The molecule has 4 heterocycles. The molecule has 1 aliphatic heterocycles. The summed E-state index contributed by atoms with van der Waals surface area (Å²) in [5.74, 6) is 0.628. The van der Waals surface area contributed by atoms with Gasteiger partial charge in [-0.25, -0.2) is 9.97 Å². The number of amides is 1. The van der Waals surface area contributed by atoms with Crippen molar-refractivity contribution in [3.05, 3.63) is 46.6 Å². The summed E-state index contributed by atoms with van der Waals surface area (Å²) in [6.07, 6.45) is 4.63. The number of rotatable bonds is 5. The largest absolute Gasteiger partial charge is 0.473 e. The predicted molar refractivity (Wildman–Crippen MR) is 101 cm³/mol. The fourth-order valence-electron chi connectivity index (χ4n) is 2.63. The van der Waals surface area contributed by atoms with Crippen molar-refractivity contribution in [3.63, 3.8) is 0 Å². The minimum Gasteiger partial charge on any atom is -0.473 e. The molecule has 3 aromatic rings. The van der Waals surface area contributed by atoms with Crippen molar-refractivity contribution in [2.45, 2.75) is 18.9 Å². The number of carbonyl (C=O) groups is 1. The van der Waals surface area contributed by atoms with Gasteiger partial charge in [0.1, 0.15) is 16.8 Å². The topological polar surface area (TPSA) is 86.5 Å². The number of ether oxygens (including phenoxy) is 2. The highest BCUT2D eigenvalue weighted by Gasteiger charge is 2.19. The van der Waals surface area contributed by atoms with Crippen molar-refractivity contribution < 1.29 is 18.7 Å². The summed E-state index contributed by atoms with van der Waals surface area (Å²) in [6.45, 7) is 1.33. The molecule has 4 rings (SSSR count). The number of hydrogen-bond acceptors (Lipinski definition) is 7. The van der Waals surface area contributed by atoms with E-state index in [0.29, 0.717) is 46.3 Å². The number of hydrogen-bond donors (Lipinski definition) is 1. The quantitative estimate of drug-likeness (QED) is 0.682. The predicted octanol–water partition coefficient (Wildman–Crippen LogP) is 4.26. The Balaban J connectivity index is 1.42. The van der Waals surface area contributed by atoms with Crippen LogP contribution in [0.3, 0.4) is 0 Å². The van der Waals surface area contributed by atoms with Gasteiger partial charge in [-0.05, 0) is 18.2 Å². The number of furan rings is 1. The van der Waals surface area contributed by atoms with E-state index < -0.39 is 0 Å². The van der Waals surface area contributed by atoms with Crippen molar-refractivity contribution in [1.82, 2.24) is 9.97 Å². The fourth-order valence-corrected chi connectivity index (χ4v) is 3.53. The maximum Gasteiger partial charge on any atom is 0.259 e. The summed E-state index contributed by atoms with van der Waals surface area (Å²) in [5.41, 5.74) is 0.991. The van der Waals surface area contributed by atoms with Gasteiger partial charge in [-0.3, -0.25) is 10.1 Å². The van der Waals surface area contributed by atoms with E-state index in [2.05, 4.69) is 15.3 Å². The van der Waals surface area contributed by atoms with Crippen molar-refractivity contribution in [2.75, 3.05) is 18.5 Å². The van der Waals surface area contributed by atoms with Gasteiger partial charge in [0, 0.05) is 24.4 Å². The monoisotopic (exact) mass is 405 g/mol. The average Bonchev–Trinajstić information content (AvgIpc) is 3.36. The van der Waals surface area contributed by atoms with E-state index >= 15 is 0 Å². The third-order valence-electron chi connectivity index (χ3n) is 4.01. The molecular weight excluding hydrogens is 390 g/mol. The summed E-state index contributed by atoms with van der Waals surface area (Å²) in [6, 6.07) is 5.13. The summed E-state index contributed by atoms with van der Waals surface area (Å²) in [7, 11) is 0. The van der Waals surface area contributed by atoms with Crippen LogP contribution in [0.2, 0.25) is 5.02 Å². The highest BCUT2D eigenvalue weighted by Crippen LogP contribution is 2.27. The molecule has 1 saturated heterocycles. The summed E-state index contributed by atoms with van der Waals surface area (Å²) < 4.78 is 16.4. The van der Waals surface area contributed by atoms with Crippen molar-refractivity contribution >= 4 is 34.0 Å². The number of thiazole rings is 1. The van der Waals surface area contributed by atoms with Crippen LogP contribution in [0, 0.1) is 0 Å². The van der Waals surface area contributed by atoms with Crippen LogP contribution >= 0.6 is 22.9 Å². The number of halogens is 1. The number of pyridine rings is 1.